The van der Waals surface area contributed by atoms with Crippen LogP contribution >= 0.6 is 11.3 Å². The highest BCUT2D eigenvalue weighted by molar-refractivity contribution is 7.18. The molecule has 0 radical (unpaired) electrons. The number of thiophene rings is 1. The molecule has 1 aromatic heterocycles. The molecule has 2 N–H and O–H groups in total. The van der Waals surface area contributed by atoms with Gasteiger partial charge in [-0.3, -0.25) is 0 Å². The van der Waals surface area contributed by atoms with Gasteiger partial charge in [0.15, 0.2) is 0 Å². The summed E-state index contributed by atoms with van der Waals surface area (Å²) >= 11 is 1.26. The minimum atomic E-state index is -0.477. The maximum atomic E-state index is 11.7. The third-order valence-electron chi connectivity index (χ3n) is 3.86. The predicted octanol–water partition coefficient (Wildman–Crippen LogP) is 2.47. The number of hydrogen-bond donors (Lipinski definition) is 1. The molecule has 108 valence electrons. The van der Waals surface area contributed by atoms with Crippen LogP contribution < -0.4 is 10.6 Å². The summed E-state index contributed by atoms with van der Waals surface area (Å²) in [7, 11) is 1.32. The molecular formula is C14H19N3O2S. The molecule has 1 aromatic rings. The van der Waals surface area contributed by atoms with Crippen LogP contribution in [0.1, 0.15) is 35.5 Å². The number of esters is 1. The highest BCUT2D eigenvalue weighted by Crippen LogP contribution is 2.40. The van der Waals surface area contributed by atoms with E-state index in [2.05, 4.69) is 24.8 Å². The van der Waals surface area contributed by atoms with Crippen LogP contribution in [0, 0.1) is 23.2 Å². The fourth-order valence-electron chi connectivity index (χ4n) is 2.52. The summed E-state index contributed by atoms with van der Waals surface area (Å²) in [5.74, 6) is 0.754. The standard InChI is InChI=1S/C14H19N3O2S/c1-8(2)9-4-5-17(7-9)13-10(6-15)11(16)12(20-13)14(18)19-3/h8-9H,4-5,7,16H2,1-3H3. The summed E-state index contributed by atoms with van der Waals surface area (Å²) in [4.78, 5) is 14.2. The molecule has 1 aliphatic rings. The van der Waals surface area contributed by atoms with Crippen molar-refractivity contribution in [3.63, 3.8) is 0 Å². The SMILES string of the molecule is COC(=O)c1sc(N2CCC(C(C)C)C2)c(C#N)c1N. The lowest BCUT2D eigenvalue weighted by atomic mass is 9.95. The second kappa shape index (κ2) is 5.71. The van der Waals surface area contributed by atoms with Crippen molar-refractivity contribution in [1.29, 1.82) is 5.26 Å². The zero-order valence-electron chi connectivity index (χ0n) is 12.0. The van der Waals surface area contributed by atoms with Gasteiger partial charge in [-0.1, -0.05) is 13.8 Å². The van der Waals surface area contributed by atoms with Gasteiger partial charge in [0, 0.05) is 13.1 Å². The lowest BCUT2D eigenvalue weighted by Gasteiger charge is -2.18. The van der Waals surface area contributed by atoms with Crippen molar-refractivity contribution < 1.29 is 9.53 Å². The first-order chi connectivity index (χ1) is 9.49. The summed E-state index contributed by atoms with van der Waals surface area (Å²) < 4.78 is 4.72. The number of anilines is 2. The van der Waals surface area contributed by atoms with Gasteiger partial charge < -0.3 is 15.4 Å². The zero-order valence-corrected chi connectivity index (χ0v) is 12.8. The van der Waals surface area contributed by atoms with Gasteiger partial charge in [0.05, 0.1) is 12.8 Å². The molecule has 1 atom stereocenters. The Kier molecular flexibility index (Phi) is 4.19. The first kappa shape index (κ1) is 14.7. The van der Waals surface area contributed by atoms with E-state index in [1.807, 2.05) is 0 Å². The molecule has 1 aliphatic heterocycles. The van der Waals surface area contributed by atoms with E-state index >= 15 is 0 Å². The van der Waals surface area contributed by atoms with Crippen molar-refractivity contribution in [2.24, 2.45) is 11.8 Å². The molecule has 0 spiro atoms. The normalized spacial score (nSPS) is 18.4. The first-order valence-electron chi connectivity index (χ1n) is 6.65. The molecule has 2 heterocycles. The highest BCUT2D eigenvalue weighted by Gasteiger charge is 2.30. The van der Waals surface area contributed by atoms with Gasteiger partial charge in [0.25, 0.3) is 0 Å². The largest absolute Gasteiger partial charge is 0.465 e. The monoisotopic (exact) mass is 293 g/mol. The van der Waals surface area contributed by atoms with E-state index in [1.165, 1.54) is 18.4 Å². The van der Waals surface area contributed by atoms with E-state index < -0.39 is 5.97 Å². The smallest absolute Gasteiger partial charge is 0.350 e. The summed E-state index contributed by atoms with van der Waals surface area (Å²) in [6, 6.07) is 2.12. The van der Waals surface area contributed by atoms with Gasteiger partial charge in [-0.25, -0.2) is 4.79 Å². The molecule has 0 amide bonds. The number of hydrogen-bond acceptors (Lipinski definition) is 6. The Labute approximate surface area is 122 Å². The van der Waals surface area contributed by atoms with Crippen molar-refractivity contribution in [3.05, 3.63) is 10.4 Å². The molecule has 1 unspecified atom stereocenters. The van der Waals surface area contributed by atoms with Crippen LogP contribution in [0.3, 0.4) is 0 Å². The van der Waals surface area contributed by atoms with Crippen LogP contribution in [0.2, 0.25) is 0 Å². The number of nitrogens with two attached hydrogens (primary N) is 1. The molecular weight excluding hydrogens is 274 g/mol. The van der Waals surface area contributed by atoms with Crippen LogP contribution in [0.15, 0.2) is 0 Å². The summed E-state index contributed by atoms with van der Waals surface area (Å²) in [5.41, 5.74) is 6.56. The number of ether oxygens (including phenoxy) is 1. The molecule has 0 aromatic carbocycles. The van der Waals surface area contributed by atoms with Gasteiger partial charge >= 0.3 is 5.97 Å². The summed E-state index contributed by atoms with van der Waals surface area (Å²) in [6.45, 7) is 6.23. The van der Waals surface area contributed by atoms with E-state index in [9.17, 15) is 10.1 Å². The van der Waals surface area contributed by atoms with Crippen LogP contribution in [0.4, 0.5) is 10.7 Å². The number of carbonyl (C=O) groups excluding carboxylic acids is 1. The maximum Gasteiger partial charge on any atom is 0.350 e. The number of nitrogen functional groups attached to an aromatic ring is 1. The van der Waals surface area contributed by atoms with Gasteiger partial charge in [-0.2, -0.15) is 5.26 Å². The van der Waals surface area contributed by atoms with Crippen LogP contribution in [0.25, 0.3) is 0 Å². The van der Waals surface area contributed by atoms with E-state index in [4.69, 9.17) is 10.5 Å². The second-order valence-corrected chi connectivity index (χ2v) is 6.37. The second-order valence-electron chi connectivity index (χ2n) is 5.37. The Bertz CT molecular complexity index is 560. The van der Waals surface area contributed by atoms with E-state index in [-0.39, 0.29) is 5.69 Å². The zero-order chi connectivity index (χ0) is 14.9. The van der Waals surface area contributed by atoms with Gasteiger partial charge in [0.1, 0.15) is 21.5 Å². The molecule has 5 nitrogen and oxygen atoms in total. The average molecular weight is 293 g/mol. The molecule has 20 heavy (non-hydrogen) atoms. The fraction of sp³-hybridized carbons (Fsp3) is 0.571. The van der Waals surface area contributed by atoms with Gasteiger partial charge in [0.2, 0.25) is 0 Å². The van der Waals surface area contributed by atoms with Crippen LogP contribution in [-0.2, 0) is 4.74 Å². The highest BCUT2D eigenvalue weighted by atomic mass is 32.1. The Morgan fingerprint density at radius 2 is 2.30 bits per heavy atom. The van der Waals surface area contributed by atoms with Crippen molar-refractivity contribution in [3.8, 4) is 6.07 Å². The molecule has 0 aliphatic carbocycles. The molecule has 1 saturated heterocycles. The lowest BCUT2D eigenvalue weighted by molar-refractivity contribution is 0.0607. The number of methoxy groups -OCH3 is 1. The minimum absolute atomic E-state index is 0.243. The van der Waals surface area contributed by atoms with Gasteiger partial charge in [-0.15, -0.1) is 11.3 Å². The molecule has 0 bridgehead atoms. The third-order valence-corrected chi connectivity index (χ3v) is 5.11. The summed E-state index contributed by atoms with van der Waals surface area (Å²) in [6.07, 6.45) is 1.11. The van der Waals surface area contributed by atoms with Gasteiger partial charge in [-0.05, 0) is 18.3 Å². The van der Waals surface area contributed by atoms with E-state index in [1.54, 1.807) is 0 Å². The minimum Gasteiger partial charge on any atom is -0.465 e. The number of nitrogens with zero attached hydrogens (tertiary/aromatic N) is 2. The first-order valence-corrected chi connectivity index (χ1v) is 7.46. The number of nitriles is 1. The van der Waals surface area contributed by atoms with Crippen molar-refractivity contribution in [2.75, 3.05) is 30.8 Å². The Morgan fingerprint density at radius 1 is 1.60 bits per heavy atom. The molecule has 6 heteroatoms. The molecule has 2 rings (SSSR count). The van der Waals surface area contributed by atoms with E-state index in [0.717, 1.165) is 24.5 Å². The van der Waals surface area contributed by atoms with E-state index in [0.29, 0.717) is 22.3 Å². The quantitative estimate of drug-likeness (QED) is 0.866. The third kappa shape index (κ3) is 2.46. The topological polar surface area (TPSA) is 79.3 Å². The predicted molar refractivity (Wildman–Crippen MR) is 79.9 cm³/mol. The molecule has 1 fully saturated rings. The van der Waals surface area contributed by atoms with Crippen molar-refractivity contribution in [1.82, 2.24) is 0 Å². The Morgan fingerprint density at radius 3 is 2.80 bits per heavy atom. The molecule has 0 saturated carbocycles. The lowest BCUT2D eigenvalue weighted by Crippen LogP contribution is -2.21. The maximum absolute atomic E-state index is 11.7. The van der Waals surface area contributed by atoms with Crippen molar-refractivity contribution >= 4 is 28.0 Å². The van der Waals surface area contributed by atoms with Crippen LogP contribution in [0.5, 0.6) is 0 Å². The van der Waals surface area contributed by atoms with Crippen LogP contribution in [-0.4, -0.2) is 26.2 Å². The number of rotatable bonds is 3. The van der Waals surface area contributed by atoms with Crippen molar-refractivity contribution in [2.45, 2.75) is 20.3 Å². The summed E-state index contributed by atoms with van der Waals surface area (Å²) in [5, 5.41) is 10.1. The Balaban J connectivity index is 2.34. The number of carbonyl (C=O) groups is 1. The Hall–Kier alpha value is -1.74. The fourth-order valence-corrected chi connectivity index (χ4v) is 3.65. The average Bonchev–Trinajstić information content (AvgIpc) is 3.02.